The highest BCUT2D eigenvalue weighted by Gasteiger charge is 2.08. The molecule has 17 heavy (non-hydrogen) atoms. The molecule has 1 aromatic heterocycles. The Morgan fingerprint density at radius 3 is 2.76 bits per heavy atom. The number of pyridine rings is 1. The van der Waals surface area contributed by atoms with Crippen LogP contribution < -0.4 is 11.3 Å². The first-order valence-electron chi connectivity index (χ1n) is 5.28. The van der Waals surface area contributed by atoms with Crippen molar-refractivity contribution in [2.24, 2.45) is 0 Å². The van der Waals surface area contributed by atoms with Gasteiger partial charge in [-0.2, -0.15) is 0 Å². The van der Waals surface area contributed by atoms with Crippen molar-refractivity contribution in [2.45, 2.75) is 13.5 Å². The molecule has 0 unspecified atom stereocenters. The summed E-state index contributed by atoms with van der Waals surface area (Å²) in [6, 6.07) is 8.00. The molecule has 1 heterocycles. The Kier molecular flexibility index (Phi) is 2.95. The summed E-state index contributed by atoms with van der Waals surface area (Å²) in [4.78, 5) is 11.8. The van der Waals surface area contributed by atoms with E-state index in [4.69, 9.17) is 5.73 Å². The van der Waals surface area contributed by atoms with Crippen molar-refractivity contribution >= 4 is 5.69 Å². The van der Waals surface area contributed by atoms with Gasteiger partial charge in [0, 0.05) is 23.0 Å². The van der Waals surface area contributed by atoms with Crippen LogP contribution in [0.4, 0.5) is 10.1 Å². The second kappa shape index (κ2) is 4.41. The number of nitrogen functional groups attached to an aromatic ring is 1. The highest BCUT2D eigenvalue weighted by atomic mass is 19.1. The summed E-state index contributed by atoms with van der Waals surface area (Å²) in [5, 5.41) is 0. The van der Waals surface area contributed by atoms with Crippen LogP contribution in [0, 0.1) is 12.7 Å². The smallest absolute Gasteiger partial charge is 0.253 e. The van der Waals surface area contributed by atoms with Crippen molar-refractivity contribution in [3.63, 3.8) is 0 Å². The third kappa shape index (κ3) is 2.20. The van der Waals surface area contributed by atoms with Crippen LogP contribution in [-0.2, 0) is 6.54 Å². The average Bonchev–Trinajstić information content (AvgIpc) is 2.29. The Bertz CT molecular complexity index is 584. The topological polar surface area (TPSA) is 48.0 Å². The third-order valence-corrected chi connectivity index (χ3v) is 2.69. The summed E-state index contributed by atoms with van der Waals surface area (Å²) in [6.07, 6.45) is 1.63. The van der Waals surface area contributed by atoms with Crippen LogP contribution >= 0.6 is 0 Å². The van der Waals surface area contributed by atoms with Gasteiger partial charge in [0.2, 0.25) is 0 Å². The van der Waals surface area contributed by atoms with Gasteiger partial charge in [0.25, 0.3) is 5.56 Å². The highest BCUT2D eigenvalue weighted by molar-refractivity contribution is 5.47. The fourth-order valence-electron chi connectivity index (χ4n) is 1.69. The third-order valence-electron chi connectivity index (χ3n) is 2.69. The normalized spacial score (nSPS) is 10.5. The summed E-state index contributed by atoms with van der Waals surface area (Å²) >= 11 is 0. The molecule has 0 radical (unpaired) electrons. The van der Waals surface area contributed by atoms with E-state index in [-0.39, 0.29) is 12.1 Å². The van der Waals surface area contributed by atoms with E-state index in [1.54, 1.807) is 37.4 Å². The second-order valence-corrected chi connectivity index (χ2v) is 3.93. The molecule has 0 aliphatic carbocycles. The van der Waals surface area contributed by atoms with Gasteiger partial charge in [-0.05, 0) is 25.1 Å². The SMILES string of the molecule is Cc1cccn(Cc2c(N)cccc2F)c1=O. The number of nitrogens with zero attached hydrogens (tertiary/aromatic N) is 1. The Morgan fingerprint density at radius 2 is 2.06 bits per heavy atom. The van der Waals surface area contributed by atoms with Crippen LogP contribution in [-0.4, -0.2) is 4.57 Å². The van der Waals surface area contributed by atoms with Crippen LogP contribution in [0.2, 0.25) is 0 Å². The first kappa shape index (κ1) is 11.4. The number of aromatic nitrogens is 1. The molecule has 3 nitrogen and oxygen atoms in total. The lowest BCUT2D eigenvalue weighted by Crippen LogP contribution is -2.22. The first-order chi connectivity index (χ1) is 8.09. The Labute approximate surface area is 98.3 Å². The molecule has 0 fully saturated rings. The Hall–Kier alpha value is -2.10. The summed E-state index contributed by atoms with van der Waals surface area (Å²) < 4.78 is 15.0. The minimum Gasteiger partial charge on any atom is -0.398 e. The zero-order valence-electron chi connectivity index (χ0n) is 9.48. The summed E-state index contributed by atoms with van der Waals surface area (Å²) in [7, 11) is 0. The number of hydrogen-bond donors (Lipinski definition) is 1. The highest BCUT2D eigenvalue weighted by Crippen LogP contribution is 2.16. The number of anilines is 1. The molecule has 0 aliphatic heterocycles. The maximum Gasteiger partial charge on any atom is 0.253 e. The van der Waals surface area contributed by atoms with Gasteiger partial charge in [0.1, 0.15) is 5.82 Å². The number of halogens is 1. The van der Waals surface area contributed by atoms with Crippen LogP contribution in [0.5, 0.6) is 0 Å². The van der Waals surface area contributed by atoms with E-state index in [2.05, 4.69) is 0 Å². The fourth-order valence-corrected chi connectivity index (χ4v) is 1.69. The van der Waals surface area contributed by atoms with Crippen molar-refractivity contribution in [1.29, 1.82) is 0 Å². The van der Waals surface area contributed by atoms with Gasteiger partial charge in [-0.25, -0.2) is 4.39 Å². The Morgan fingerprint density at radius 1 is 1.29 bits per heavy atom. The van der Waals surface area contributed by atoms with Gasteiger partial charge in [0.15, 0.2) is 0 Å². The van der Waals surface area contributed by atoms with E-state index < -0.39 is 5.82 Å². The summed E-state index contributed by atoms with van der Waals surface area (Å²) in [5.41, 5.74) is 6.91. The molecule has 2 rings (SSSR count). The van der Waals surface area contributed by atoms with Crippen molar-refractivity contribution < 1.29 is 4.39 Å². The van der Waals surface area contributed by atoms with Gasteiger partial charge < -0.3 is 10.3 Å². The zero-order valence-corrected chi connectivity index (χ0v) is 9.48. The van der Waals surface area contributed by atoms with Crippen LogP contribution in [0.3, 0.4) is 0 Å². The maximum atomic E-state index is 13.6. The van der Waals surface area contributed by atoms with Gasteiger partial charge in [0.05, 0.1) is 6.54 Å². The molecule has 1 aromatic carbocycles. The van der Waals surface area contributed by atoms with Crippen LogP contribution in [0.25, 0.3) is 0 Å². The molecule has 2 N–H and O–H groups in total. The molecule has 0 spiro atoms. The maximum absolute atomic E-state index is 13.6. The van der Waals surface area contributed by atoms with Gasteiger partial charge >= 0.3 is 0 Å². The lowest BCUT2D eigenvalue weighted by molar-refractivity contribution is 0.597. The minimum absolute atomic E-state index is 0.129. The monoisotopic (exact) mass is 232 g/mol. The van der Waals surface area contributed by atoms with Crippen molar-refractivity contribution in [3.05, 3.63) is 63.8 Å². The van der Waals surface area contributed by atoms with E-state index in [0.717, 1.165) is 0 Å². The molecule has 0 saturated heterocycles. The number of aryl methyl sites for hydroxylation is 1. The first-order valence-corrected chi connectivity index (χ1v) is 5.28. The van der Waals surface area contributed by atoms with E-state index in [1.807, 2.05) is 0 Å². The predicted octanol–water partition coefficient (Wildman–Crippen LogP) is 1.93. The zero-order chi connectivity index (χ0) is 12.4. The quantitative estimate of drug-likeness (QED) is 0.804. The number of benzene rings is 1. The molecule has 0 bridgehead atoms. The standard InChI is InChI=1S/C13H13FN2O/c1-9-4-3-7-16(13(9)17)8-10-11(14)5-2-6-12(10)15/h2-7H,8,15H2,1H3. The molecular formula is C13H13FN2O. The molecule has 0 saturated carbocycles. The second-order valence-electron chi connectivity index (χ2n) is 3.93. The van der Waals surface area contributed by atoms with Gasteiger partial charge in [-0.15, -0.1) is 0 Å². The van der Waals surface area contributed by atoms with Crippen molar-refractivity contribution in [1.82, 2.24) is 4.57 Å². The van der Waals surface area contributed by atoms with E-state index in [1.165, 1.54) is 10.6 Å². The molecule has 88 valence electrons. The largest absolute Gasteiger partial charge is 0.398 e. The minimum atomic E-state index is -0.390. The molecule has 0 aliphatic rings. The van der Waals surface area contributed by atoms with Crippen LogP contribution in [0.15, 0.2) is 41.3 Å². The number of hydrogen-bond acceptors (Lipinski definition) is 2. The Balaban J connectivity index is 2.45. The predicted molar refractivity (Wildman–Crippen MR) is 65.4 cm³/mol. The fraction of sp³-hybridized carbons (Fsp3) is 0.154. The number of rotatable bonds is 2. The molecule has 0 amide bonds. The summed E-state index contributed by atoms with van der Waals surface area (Å²) in [6.45, 7) is 1.88. The lowest BCUT2D eigenvalue weighted by Gasteiger charge is -2.09. The van der Waals surface area contributed by atoms with Crippen molar-refractivity contribution in [3.8, 4) is 0 Å². The van der Waals surface area contributed by atoms with E-state index in [0.29, 0.717) is 16.8 Å². The molecular weight excluding hydrogens is 219 g/mol. The van der Waals surface area contributed by atoms with Gasteiger partial charge in [-0.3, -0.25) is 4.79 Å². The summed E-state index contributed by atoms with van der Waals surface area (Å²) in [5.74, 6) is -0.390. The van der Waals surface area contributed by atoms with Crippen LogP contribution in [0.1, 0.15) is 11.1 Å². The molecule has 4 heteroatoms. The molecule has 2 aromatic rings. The van der Waals surface area contributed by atoms with Crippen molar-refractivity contribution in [2.75, 3.05) is 5.73 Å². The number of nitrogens with two attached hydrogens (primary N) is 1. The van der Waals surface area contributed by atoms with E-state index >= 15 is 0 Å². The van der Waals surface area contributed by atoms with E-state index in [9.17, 15) is 9.18 Å². The lowest BCUT2D eigenvalue weighted by atomic mass is 10.1. The van der Waals surface area contributed by atoms with Gasteiger partial charge in [-0.1, -0.05) is 12.1 Å². The average molecular weight is 232 g/mol. The molecule has 0 atom stereocenters.